The second kappa shape index (κ2) is 10.1. The van der Waals surface area contributed by atoms with Crippen LogP contribution >= 0.6 is 23.2 Å². The highest BCUT2D eigenvalue weighted by Crippen LogP contribution is 2.31. The standard InChI is InChI=1S/C21H22Cl2N6/c22-14-7-8-15(17(23)13-14)21-28-18-6-2-1-5-16(18)20(29-21)27-12-4-3-11-26-19(25)9-10-24/h1-2,5-10,13H,3-4,11-12,24H2,(H2,25,26)(H,27,28,29). The molecule has 0 bridgehead atoms. The largest absolute Gasteiger partial charge is 0.404 e. The van der Waals surface area contributed by atoms with E-state index >= 15 is 0 Å². The average molecular weight is 429 g/mol. The number of aliphatic imine (C=N–C) groups is 1. The molecule has 29 heavy (non-hydrogen) atoms. The van der Waals surface area contributed by atoms with Crippen molar-refractivity contribution < 1.29 is 0 Å². The number of fused-ring (bicyclic) bond motifs is 1. The summed E-state index contributed by atoms with van der Waals surface area (Å²) in [5, 5.41) is 5.45. The molecule has 2 aromatic carbocycles. The number of rotatable bonds is 8. The summed E-state index contributed by atoms with van der Waals surface area (Å²) < 4.78 is 0. The first kappa shape index (κ1) is 20.9. The molecule has 6 nitrogen and oxygen atoms in total. The second-order valence-electron chi connectivity index (χ2n) is 6.34. The van der Waals surface area contributed by atoms with E-state index < -0.39 is 0 Å². The first-order chi connectivity index (χ1) is 14.1. The molecule has 5 N–H and O–H groups in total. The fraction of sp³-hybridized carbons (Fsp3) is 0.190. The maximum Gasteiger partial charge on any atom is 0.163 e. The Morgan fingerprint density at radius 1 is 1.10 bits per heavy atom. The van der Waals surface area contributed by atoms with Crippen LogP contribution in [0.15, 0.2) is 59.7 Å². The van der Waals surface area contributed by atoms with E-state index in [0.29, 0.717) is 28.3 Å². The lowest BCUT2D eigenvalue weighted by Gasteiger charge is -2.11. The van der Waals surface area contributed by atoms with Gasteiger partial charge < -0.3 is 16.8 Å². The smallest absolute Gasteiger partial charge is 0.163 e. The summed E-state index contributed by atoms with van der Waals surface area (Å²) in [5.74, 6) is 1.76. The van der Waals surface area contributed by atoms with Crippen LogP contribution in [0.4, 0.5) is 5.82 Å². The van der Waals surface area contributed by atoms with Crippen molar-refractivity contribution in [3.05, 3.63) is 64.8 Å². The molecule has 150 valence electrons. The fourth-order valence-corrected chi connectivity index (χ4v) is 3.30. The Kier molecular flexibility index (Phi) is 7.27. The molecular weight excluding hydrogens is 407 g/mol. The normalized spacial score (nSPS) is 12.0. The van der Waals surface area contributed by atoms with E-state index in [1.165, 1.54) is 6.20 Å². The van der Waals surface area contributed by atoms with Gasteiger partial charge in [-0.1, -0.05) is 35.3 Å². The third-order valence-electron chi connectivity index (χ3n) is 4.21. The maximum absolute atomic E-state index is 6.36. The highest BCUT2D eigenvalue weighted by atomic mass is 35.5. The van der Waals surface area contributed by atoms with Crippen LogP contribution in [0.5, 0.6) is 0 Å². The number of anilines is 1. The summed E-state index contributed by atoms with van der Waals surface area (Å²) >= 11 is 12.4. The van der Waals surface area contributed by atoms with E-state index in [1.54, 1.807) is 18.2 Å². The number of amidine groups is 1. The summed E-state index contributed by atoms with van der Waals surface area (Å²) in [6, 6.07) is 13.2. The van der Waals surface area contributed by atoms with Gasteiger partial charge in [-0.25, -0.2) is 9.97 Å². The Labute approximate surface area is 179 Å². The molecule has 0 spiro atoms. The van der Waals surface area contributed by atoms with Crippen molar-refractivity contribution in [1.29, 1.82) is 0 Å². The van der Waals surface area contributed by atoms with Crippen molar-refractivity contribution in [3.8, 4) is 11.4 Å². The lowest BCUT2D eigenvalue weighted by atomic mass is 10.1. The molecule has 3 rings (SSSR count). The predicted molar refractivity (Wildman–Crippen MR) is 123 cm³/mol. The van der Waals surface area contributed by atoms with Gasteiger partial charge in [0, 0.05) is 29.1 Å². The Bertz CT molecular complexity index is 1050. The Hall–Kier alpha value is -2.83. The van der Waals surface area contributed by atoms with Crippen molar-refractivity contribution in [2.45, 2.75) is 12.8 Å². The number of hydrogen-bond donors (Lipinski definition) is 3. The van der Waals surface area contributed by atoms with Gasteiger partial charge >= 0.3 is 0 Å². The molecule has 0 aliphatic rings. The Morgan fingerprint density at radius 2 is 1.93 bits per heavy atom. The number of nitrogens with one attached hydrogen (secondary N) is 1. The van der Waals surface area contributed by atoms with E-state index in [2.05, 4.69) is 15.3 Å². The minimum atomic E-state index is 0.437. The molecule has 0 atom stereocenters. The third-order valence-corrected chi connectivity index (χ3v) is 4.76. The number of benzene rings is 2. The van der Waals surface area contributed by atoms with Crippen LogP contribution in [0.3, 0.4) is 0 Å². The van der Waals surface area contributed by atoms with Crippen LogP contribution < -0.4 is 16.8 Å². The maximum atomic E-state index is 6.36. The first-order valence-electron chi connectivity index (χ1n) is 9.23. The molecule has 1 heterocycles. The number of nitrogens with two attached hydrogens (primary N) is 2. The second-order valence-corrected chi connectivity index (χ2v) is 7.18. The quantitative estimate of drug-likeness (QED) is 0.275. The van der Waals surface area contributed by atoms with Crippen LogP contribution in [0.2, 0.25) is 10.0 Å². The van der Waals surface area contributed by atoms with E-state index in [-0.39, 0.29) is 0 Å². The van der Waals surface area contributed by atoms with E-state index in [1.807, 2.05) is 30.3 Å². The molecule has 0 radical (unpaired) electrons. The van der Waals surface area contributed by atoms with Gasteiger partial charge in [-0.05, 0) is 55.4 Å². The zero-order valence-electron chi connectivity index (χ0n) is 15.8. The first-order valence-corrected chi connectivity index (χ1v) is 9.98. The summed E-state index contributed by atoms with van der Waals surface area (Å²) in [4.78, 5) is 13.6. The van der Waals surface area contributed by atoms with Gasteiger partial charge in [0.15, 0.2) is 5.82 Å². The van der Waals surface area contributed by atoms with Gasteiger partial charge in [-0.15, -0.1) is 0 Å². The van der Waals surface area contributed by atoms with Crippen molar-refractivity contribution in [1.82, 2.24) is 9.97 Å². The van der Waals surface area contributed by atoms with Crippen molar-refractivity contribution in [2.24, 2.45) is 16.5 Å². The molecule has 1 aromatic heterocycles. The summed E-state index contributed by atoms with van der Waals surface area (Å²) in [6.07, 6.45) is 4.77. The number of halogens is 2. The van der Waals surface area contributed by atoms with Gasteiger partial charge in [0.1, 0.15) is 11.7 Å². The Morgan fingerprint density at radius 3 is 2.72 bits per heavy atom. The predicted octanol–water partition coefficient (Wildman–Crippen LogP) is 4.63. The number of aromatic nitrogens is 2. The minimum Gasteiger partial charge on any atom is -0.404 e. The van der Waals surface area contributed by atoms with Crippen molar-refractivity contribution in [3.63, 3.8) is 0 Å². The van der Waals surface area contributed by atoms with Gasteiger partial charge in [0.2, 0.25) is 0 Å². The van der Waals surface area contributed by atoms with Gasteiger partial charge in [0.25, 0.3) is 0 Å². The third kappa shape index (κ3) is 5.59. The van der Waals surface area contributed by atoms with E-state index in [4.69, 9.17) is 39.7 Å². The molecule has 8 heteroatoms. The minimum absolute atomic E-state index is 0.437. The van der Waals surface area contributed by atoms with Gasteiger partial charge in [-0.2, -0.15) is 0 Å². The summed E-state index contributed by atoms with van der Waals surface area (Å²) in [6.45, 7) is 1.39. The highest BCUT2D eigenvalue weighted by molar-refractivity contribution is 6.36. The fourth-order valence-electron chi connectivity index (χ4n) is 2.81. The molecule has 0 saturated carbocycles. The number of nitrogens with zero attached hydrogens (tertiary/aromatic N) is 3. The Balaban J connectivity index is 1.76. The van der Waals surface area contributed by atoms with Crippen LogP contribution in [0.1, 0.15) is 12.8 Å². The van der Waals surface area contributed by atoms with E-state index in [0.717, 1.165) is 41.7 Å². The van der Waals surface area contributed by atoms with Crippen molar-refractivity contribution >= 4 is 45.8 Å². The zero-order valence-corrected chi connectivity index (χ0v) is 17.3. The number of hydrogen-bond acceptors (Lipinski definition) is 5. The summed E-state index contributed by atoms with van der Waals surface area (Å²) in [5.41, 5.74) is 12.5. The molecule has 0 aliphatic heterocycles. The van der Waals surface area contributed by atoms with E-state index in [9.17, 15) is 0 Å². The average Bonchev–Trinajstić information content (AvgIpc) is 2.70. The molecule has 0 amide bonds. The SMILES string of the molecule is NC=CC(N)=NCCCCNc1nc(-c2ccc(Cl)cc2Cl)nc2ccccc12. The van der Waals surface area contributed by atoms with Crippen LogP contribution in [0, 0.1) is 0 Å². The van der Waals surface area contributed by atoms with Crippen molar-refractivity contribution in [2.75, 3.05) is 18.4 Å². The molecule has 0 fully saturated rings. The molecule has 0 saturated heterocycles. The summed E-state index contributed by atoms with van der Waals surface area (Å²) in [7, 11) is 0. The lowest BCUT2D eigenvalue weighted by molar-refractivity contribution is 0.773. The highest BCUT2D eigenvalue weighted by Gasteiger charge is 2.12. The van der Waals surface area contributed by atoms with Crippen LogP contribution in [-0.2, 0) is 0 Å². The van der Waals surface area contributed by atoms with Crippen LogP contribution in [0.25, 0.3) is 22.3 Å². The van der Waals surface area contributed by atoms with Gasteiger partial charge in [-0.3, -0.25) is 4.99 Å². The number of unbranched alkanes of at least 4 members (excludes halogenated alkanes) is 1. The topological polar surface area (TPSA) is 102 Å². The molecule has 0 aliphatic carbocycles. The van der Waals surface area contributed by atoms with Crippen LogP contribution in [-0.4, -0.2) is 28.9 Å². The monoisotopic (exact) mass is 428 g/mol. The molecule has 0 unspecified atom stereocenters. The zero-order chi connectivity index (χ0) is 20.6. The van der Waals surface area contributed by atoms with Gasteiger partial charge in [0.05, 0.1) is 10.5 Å². The lowest BCUT2D eigenvalue weighted by Crippen LogP contribution is -2.10. The molecule has 3 aromatic rings. The number of para-hydroxylation sites is 1. The molecular formula is C21H22Cl2N6.